The molecule has 6 nitrogen and oxygen atoms in total. The molecular formula is C24H22F4N2O4. The van der Waals surface area contributed by atoms with Gasteiger partial charge < -0.3 is 15.0 Å². The number of carbonyl (C=O) groups is 3. The molecule has 1 heterocycles. The molecule has 0 aliphatic carbocycles. The Bertz CT molecular complexity index is 1130. The minimum Gasteiger partial charge on any atom is -0.463 e. The lowest BCUT2D eigenvalue weighted by molar-refractivity contribution is -0.141. The van der Waals surface area contributed by atoms with Crippen molar-refractivity contribution < 1.29 is 36.7 Å². The number of halogens is 4. The second-order valence-electron chi connectivity index (χ2n) is 7.60. The number of esters is 1. The zero-order valence-corrected chi connectivity index (χ0v) is 18.4. The number of rotatable bonds is 6. The summed E-state index contributed by atoms with van der Waals surface area (Å²) in [6.45, 7) is 2.60. The molecular weight excluding hydrogens is 456 g/mol. The number of ether oxygens (including phenoxy) is 1. The summed E-state index contributed by atoms with van der Waals surface area (Å²) >= 11 is 0. The van der Waals surface area contributed by atoms with E-state index in [1.54, 1.807) is 6.92 Å². The van der Waals surface area contributed by atoms with E-state index in [2.05, 4.69) is 5.32 Å². The number of anilines is 1. The lowest BCUT2D eigenvalue weighted by Crippen LogP contribution is -2.42. The highest BCUT2D eigenvalue weighted by Gasteiger charge is 2.38. The van der Waals surface area contributed by atoms with Gasteiger partial charge in [0.05, 0.1) is 23.4 Å². The maximum atomic E-state index is 13.8. The molecule has 0 saturated carbocycles. The second kappa shape index (κ2) is 10.1. The van der Waals surface area contributed by atoms with Gasteiger partial charge in [0.25, 0.3) is 0 Å². The number of benzene rings is 2. The van der Waals surface area contributed by atoms with Crippen LogP contribution in [0.3, 0.4) is 0 Å². The van der Waals surface area contributed by atoms with Crippen LogP contribution in [0, 0.1) is 5.82 Å². The number of carbonyl (C=O) groups excluding carboxylic acids is 3. The van der Waals surface area contributed by atoms with Crippen molar-refractivity contribution in [2.24, 2.45) is 0 Å². The largest absolute Gasteiger partial charge is 0.463 e. The molecule has 0 saturated heterocycles. The smallest absolute Gasteiger partial charge is 0.416 e. The summed E-state index contributed by atoms with van der Waals surface area (Å²) in [5.41, 5.74) is -0.377. The van der Waals surface area contributed by atoms with Crippen molar-refractivity contribution in [2.75, 3.05) is 18.5 Å². The molecule has 1 N–H and O–H groups in total. The number of nitrogens with one attached hydrogen (secondary N) is 1. The van der Waals surface area contributed by atoms with Gasteiger partial charge in [-0.2, -0.15) is 13.2 Å². The van der Waals surface area contributed by atoms with E-state index in [0.717, 1.165) is 17.0 Å². The molecule has 1 aliphatic rings. The third-order valence-electron chi connectivity index (χ3n) is 5.41. The van der Waals surface area contributed by atoms with E-state index >= 15 is 0 Å². The van der Waals surface area contributed by atoms with Gasteiger partial charge >= 0.3 is 12.1 Å². The van der Waals surface area contributed by atoms with Crippen LogP contribution in [0.25, 0.3) is 0 Å². The Morgan fingerprint density at radius 3 is 2.35 bits per heavy atom. The van der Waals surface area contributed by atoms with Crippen LogP contribution in [0.1, 0.15) is 37.3 Å². The summed E-state index contributed by atoms with van der Waals surface area (Å²) in [6, 6.07) is 9.71. The molecule has 2 aromatic carbocycles. The quantitative estimate of drug-likeness (QED) is 0.485. The molecule has 34 heavy (non-hydrogen) atoms. The molecule has 1 atom stereocenters. The predicted octanol–water partition coefficient (Wildman–Crippen LogP) is 4.64. The van der Waals surface area contributed by atoms with Crippen LogP contribution in [0.5, 0.6) is 0 Å². The van der Waals surface area contributed by atoms with Crippen LogP contribution in [0.15, 0.2) is 59.8 Å². The molecule has 0 bridgehead atoms. The van der Waals surface area contributed by atoms with Crippen LogP contribution in [-0.4, -0.2) is 35.8 Å². The SMILES string of the molecule is CCOC(=O)C1=C(C)N(CC(=O)Nc2ccccc2F)C(=O)CC1c1ccc(C(F)(F)F)cc1. The zero-order chi connectivity index (χ0) is 25.0. The minimum atomic E-state index is -4.53. The average molecular weight is 478 g/mol. The van der Waals surface area contributed by atoms with Gasteiger partial charge in [0, 0.05) is 18.0 Å². The number of amides is 2. The molecule has 10 heteroatoms. The Labute approximate surface area is 193 Å². The first-order valence-electron chi connectivity index (χ1n) is 10.4. The highest BCUT2D eigenvalue weighted by molar-refractivity contribution is 5.99. The molecule has 3 rings (SSSR count). The summed E-state index contributed by atoms with van der Waals surface area (Å²) < 4.78 is 57.8. The van der Waals surface area contributed by atoms with Crippen molar-refractivity contribution in [3.63, 3.8) is 0 Å². The number of hydrogen-bond donors (Lipinski definition) is 1. The minimum absolute atomic E-state index is 0.0388. The van der Waals surface area contributed by atoms with E-state index in [9.17, 15) is 31.9 Å². The monoisotopic (exact) mass is 478 g/mol. The summed E-state index contributed by atoms with van der Waals surface area (Å²) in [7, 11) is 0. The van der Waals surface area contributed by atoms with Crippen molar-refractivity contribution >= 4 is 23.5 Å². The van der Waals surface area contributed by atoms with Crippen LogP contribution in [0.2, 0.25) is 0 Å². The van der Waals surface area contributed by atoms with E-state index in [4.69, 9.17) is 4.74 Å². The average Bonchev–Trinajstić information content (AvgIpc) is 2.77. The lowest BCUT2D eigenvalue weighted by atomic mass is 9.83. The first-order valence-corrected chi connectivity index (χ1v) is 10.4. The van der Waals surface area contributed by atoms with Crippen molar-refractivity contribution in [2.45, 2.75) is 32.4 Å². The number of hydrogen-bond acceptors (Lipinski definition) is 4. The molecule has 1 unspecified atom stereocenters. The van der Waals surface area contributed by atoms with Gasteiger partial charge in [0.1, 0.15) is 12.4 Å². The normalized spacial score (nSPS) is 16.5. The molecule has 2 aromatic rings. The van der Waals surface area contributed by atoms with Crippen molar-refractivity contribution in [3.8, 4) is 0 Å². The molecule has 1 aliphatic heterocycles. The third-order valence-corrected chi connectivity index (χ3v) is 5.41. The molecule has 0 spiro atoms. The molecule has 0 aromatic heterocycles. The Hall–Kier alpha value is -3.69. The number of allylic oxidation sites excluding steroid dienone is 1. The number of nitrogens with zero attached hydrogens (tertiary/aromatic N) is 1. The Balaban J connectivity index is 1.92. The Morgan fingerprint density at radius 1 is 1.12 bits per heavy atom. The van der Waals surface area contributed by atoms with Crippen LogP contribution < -0.4 is 5.32 Å². The third kappa shape index (κ3) is 5.44. The topological polar surface area (TPSA) is 75.7 Å². The van der Waals surface area contributed by atoms with Crippen molar-refractivity contribution in [1.29, 1.82) is 0 Å². The van der Waals surface area contributed by atoms with E-state index in [1.165, 1.54) is 43.3 Å². The van der Waals surface area contributed by atoms with E-state index in [1.807, 2.05) is 0 Å². The van der Waals surface area contributed by atoms with Gasteiger partial charge in [-0.25, -0.2) is 9.18 Å². The second-order valence-corrected chi connectivity index (χ2v) is 7.60. The lowest BCUT2D eigenvalue weighted by Gasteiger charge is -2.34. The first-order chi connectivity index (χ1) is 16.0. The van der Waals surface area contributed by atoms with E-state index in [-0.39, 0.29) is 30.0 Å². The Morgan fingerprint density at radius 2 is 1.76 bits per heavy atom. The molecule has 2 amide bonds. The van der Waals surface area contributed by atoms with E-state index < -0.39 is 47.8 Å². The van der Waals surface area contributed by atoms with Gasteiger partial charge in [-0.1, -0.05) is 24.3 Å². The van der Waals surface area contributed by atoms with Gasteiger partial charge in [-0.3, -0.25) is 9.59 Å². The van der Waals surface area contributed by atoms with Gasteiger partial charge in [-0.05, 0) is 43.7 Å². The number of para-hydroxylation sites is 1. The standard InChI is InChI=1S/C24H22F4N2O4/c1-3-34-23(33)22-14(2)30(13-20(31)29-19-7-5-4-6-18(19)25)21(32)12-17(22)15-8-10-16(11-9-15)24(26,27)28/h4-11,17H,3,12-13H2,1-2H3,(H,29,31). The predicted molar refractivity (Wildman–Crippen MR) is 115 cm³/mol. The fraction of sp³-hybridized carbons (Fsp3) is 0.292. The van der Waals surface area contributed by atoms with Crippen LogP contribution in [0.4, 0.5) is 23.2 Å². The van der Waals surface area contributed by atoms with Gasteiger partial charge in [0.15, 0.2) is 0 Å². The highest BCUT2D eigenvalue weighted by Crippen LogP contribution is 2.38. The van der Waals surface area contributed by atoms with Crippen LogP contribution in [-0.2, 0) is 25.3 Å². The molecule has 0 radical (unpaired) electrons. The summed E-state index contributed by atoms with van der Waals surface area (Å²) in [5, 5.41) is 2.38. The van der Waals surface area contributed by atoms with E-state index in [0.29, 0.717) is 5.56 Å². The van der Waals surface area contributed by atoms with Crippen LogP contribution >= 0.6 is 0 Å². The first kappa shape index (κ1) is 24.9. The number of alkyl halides is 3. The molecule has 0 fully saturated rings. The maximum Gasteiger partial charge on any atom is 0.416 e. The van der Waals surface area contributed by atoms with Crippen molar-refractivity contribution in [3.05, 3.63) is 76.7 Å². The Kier molecular flexibility index (Phi) is 7.38. The van der Waals surface area contributed by atoms with Gasteiger partial charge in [0.2, 0.25) is 11.8 Å². The van der Waals surface area contributed by atoms with Crippen molar-refractivity contribution in [1.82, 2.24) is 4.90 Å². The summed E-state index contributed by atoms with van der Waals surface area (Å²) in [5.74, 6) is -3.44. The highest BCUT2D eigenvalue weighted by atomic mass is 19.4. The molecule has 180 valence electrons. The fourth-order valence-electron chi connectivity index (χ4n) is 3.76. The van der Waals surface area contributed by atoms with Gasteiger partial charge in [-0.15, -0.1) is 0 Å². The maximum absolute atomic E-state index is 13.8. The zero-order valence-electron chi connectivity index (χ0n) is 18.4. The summed E-state index contributed by atoms with van der Waals surface area (Å²) in [6.07, 6.45) is -4.79. The fourth-order valence-corrected chi connectivity index (χ4v) is 3.76. The summed E-state index contributed by atoms with van der Waals surface area (Å²) in [4.78, 5) is 39.2.